The highest BCUT2D eigenvalue weighted by Gasteiger charge is 2.12. The Balaban J connectivity index is 2.50. The third-order valence-electron chi connectivity index (χ3n) is 2.53. The predicted molar refractivity (Wildman–Crippen MR) is 81.9 cm³/mol. The number of hydrogen-bond acceptors (Lipinski definition) is 4. The fourth-order valence-corrected chi connectivity index (χ4v) is 2.12. The van der Waals surface area contributed by atoms with E-state index in [-0.39, 0.29) is 5.56 Å². The zero-order valence-electron chi connectivity index (χ0n) is 11.1. The Hall–Kier alpha value is -1.31. The van der Waals surface area contributed by atoms with Crippen molar-refractivity contribution in [3.63, 3.8) is 0 Å². The van der Waals surface area contributed by atoms with Crippen molar-refractivity contribution in [1.29, 1.82) is 0 Å². The van der Waals surface area contributed by atoms with Gasteiger partial charge in [0.2, 0.25) is 0 Å². The van der Waals surface area contributed by atoms with Gasteiger partial charge >= 0.3 is 0 Å². The number of hydrogen-bond donors (Lipinski definition) is 1. The van der Waals surface area contributed by atoms with Crippen molar-refractivity contribution in [2.75, 3.05) is 0 Å². The predicted octanol–water partition coefficient (Wildman–Crippen LogP) is 2.34. The molecule has 0 saturated carbocycles. The first kappa shape index (κ1) is 14.1. The molecule has 0 atom stereocenters. The Kier molecular flexibility index (Phi) is 4.28. The molecule has 0 aliphatic carbocycles. The second-order valence-corrected chi connectivity index (χ2v) is 5.94. The Labute approximate surface area is 125 Å². The average molecular weight is 370 g/mol. The highest BCUT2D eigenvalue weighted by Crippen LogP contribution is 2.14. The van der Waals surface area contributed by atoms with Gasteiger partial charge in [0, 0.05) is 12.4 Å². The molecule has 0 spiro atoms. The van der Waals surface area contributed by atoms with Gasteiger partial charge in [-0.25, -0.2) is 15.0 Å². The molecule has 0 unspecified atom stereocenters. The van der Waals surface area contributed by atoms with Gasteiger partial charge in [-0.15, -0.1) is 0 Å². The summed E-state index contributed by atoms with van der Waals surface area (Å²) in [4.78, 5) is 27.5. The van der Waals surface area contributed by atoms with Crippen molar-refractivity contribution in [2.45, 2.75) is 27.2 Å². The van der Waals surface area contributed by atoms with Crippen LogP contribution in [0.2, 0.25) is 0 Å². The fourth-order valence-electron chi connectivity index (χ4n) is 1.65. The highest BCUT2D eigenvalue weighted by molar-refractivity contribution is 14.1. The minimum atomic E-state index is -0.134. The Morgan fingerprint density at radius 3 is 2.53 bits per heavy atom. The lowest BCUT2D eigenvalue weighted by atomic mass is 10.1. The van der Waals surface area contributed by atoms with Crippen LogP contribution in [0, 0.1) is 16.4 Å². The van der Waals surface area contributed by atoms with Gasteiger partial charge in [0.25, 0.3) is 5.56 Å². The van der Waals surface area contributed by atoms with Crippen LogP contribution >= 0.6 is 22.6 Å². The minimum Gasteiger partial charge on any atom is -0.303 e. The molecule has 2 aromatic heterocycles. The molecule has 0 aliphatic heterocycles. The summed E-state index contributed by atoms with van der Waals surface area (Å²) in [7, 11) is 0. The summed E-state index contributed by atoms with van der Waals surface area (Å²) in [5.74, 6) is 1.32. The maximum atomic E-state index is 11.9. The van der Waals surface area contributed by atoms with Crippen LogP contribution in [0.5, 0.6) is 0 Å². The van der Waals surface area contributed by atoms with Crippen LogP contribution < -0.4 is 5.56 Å². The molecule has 6 heteroatoms. The summed E-state index contributed by atoms with van der Waals surface area (Å²) < 4.78 is 0.641. The number of halogens is 1. The quantitative estimate of drug-likeness (QED) is 0.842. The smallest absolute Gasteiger partial charge is 0.264 e. The molecule has 1 N–H and O–H groups in total. The molecule has 0 saturated heterocycles. The number of aromatic nitrogens is 4. The topological polar surface area (TPSA) is 71.5 Å². The fraction of sp³-hybridized carbons (Fsp3) is 0.385. The van der Waals surface area contributed by atoms with Crippen molar-refractivity contribution < 1.29 is 0 Å². The van der Waals surface area contributed by atoms with Gasteiger partial charge in [0.05, 0.1) is 9.26 Å². The van der Waals surface area contributed by atoms with Gasteiger partial charge in [-0.3, -0.25) is 4.79 Å². The second kappa shape index (κ2) is 5.77. The standard InChI is InChI=1S/C13H15IN4O/c1-7(2)4-9-10(14)13(19)18-12(17-9)11-15-5-8(3)6-16-11/h5-7H,4H2,1-3H3,(H,17,18,19). The van der Waals surface area contributed by atoms with Gasteiger partial charge in [0.1, 0.15) is 0 Å². The van der Waals surface area contributed by atoms with Gasteiger partial charge in [0.15, 0.2) is 11.6 Å². The molecule has 19 heavy (non-hydrogen) atoms. The SMILES string of the molecule is Cc1cnc(-c2nc(CC(C)C)c(I)c(=O)[nH]2)nc1. The molecule has 0 bridgehead atoms. The number of aryl methyl sites for hydroxylation is 1. The zero-order chi connectivity index (χ0) is 14.0. The summed E-state index contributed by atoms with van der Waals surface area (Å²) in [5, 5.41) is 0. The van der Waals surface area contributed by atoms with Gasteiger partial charge < -0.3 is 4.98 Å². The van der Waals surface area contributed by atoms with E-state index in [1.165, 1.54) is 0 Å². The van der Waals surface area contributed by atoms with Crippen LogP contribution in [0.1, 0.15) is 25.1 Å². The van der Waals surface area contributed by atoms with E-state index >= 15 is 0 Å². The summed E-state index contributed by atoms with van der Waals surface area (Å²) in [6.45, 7) is 6.11. The van der Waals surface area contributed by atoms with Gasteiger partial charge in [-0.05, 0) is 47.4 Å². The first-order valence-corrected chi connectivity index (χ1v) is 7.13. The average Bonchev–Trinajstić information content (AvgIpc) is 2.35. The monoisotopic (exact) mass is 370 g/mol. The van der Waals surface area contributed by atoms with Crippen LogP contribution in [0.3, 0.4) is 0 Å². The van der Waals surface area contributed by atoms with Crippen LogP contribution in [0.25, 0.3) is 11.6 Å². The van der Waals surface area contributed by atoms with Gasteiger partial charge in [-0.2, -0.15) is 0 Å². The number of H-pyrrole nitrogens is 1. The van der Waals surface area contributed by atoms with E-state index in [0.717, 1.165) is 17.7 Å². The van der Waals surface area contributed by atoms with Crippen LogP contribution in [-0.4, -0.2) is 19.9 Å². The van der Waals surface area contributed by atoms with E-state index in [9.17, 15) is 4.79 Å². The summed E-state index contributed by atoms with van der Waals surface area (Å²) in [6.07, 6.45) is 4.19. The molecule has 0 amide bonds. The first-order chi connectivity index (χ1) is 8.97. The summed E-state index contributed by atoms with van der Waals surface area (Å²) >= 11 is 2.03. The molecule has 0 fully saturated rings. The lowest BCUT2D eigenvalue weighted by Crippen LogP contribution is -2.18. The second-order valence-electron chi connectivity index (χ2n) is 4.86. The zero-order valence-corrected chi connectivity index (χ0v) is 13.2. The molecular formula is C13H15IN4O. The third-order valence-corrected chi connectivity index (χ3v) is 3.64. The molecule has 2 rings (SSSR count). The number of nitrogens with zero attached hydrogens (tertiary/aromatic N) is 3. The van der Waals surface area contributed by atoms with E-state index in [0.29, 0.717) is 21.1 Å². The first-order valence-electron chi connectivity index (χ1n) is 6.05. The van der Waals surface area contributed by atoms with Crippen molar-refractivity contribution in [3.05, 3.63) is 37.6 Å². The minimum absolute atomic E-state index is 0.134. The van der Waals surface area contributed by atoms with Crippen LogP contribution in [0.4, 0.5) is 0 Å². The van der Waals surface area contributed by atoms with E-state index in [1.807, 2.05) is 29.5 Å². The maximum Gasteiger partial charge on any atom is 0.264 e. The number of nitrogens with one attached hydrogen (secondary N) is 1. The molecule has 100 valence electrons. The molecule has 0 aliphatic rings. The molecule has 2 heterocycles. The van der Waals surface area contributed by atoms with Crippen molar-refractivity contribution in [1.82, 2.24) is 19.9 Å². The molecule has 5 nitrogen and oxygen atoms in total. The van der Waals surface area contributed by atoms with E-state index in [2.05, 4.69) is 33.8 Å². The van der Waals surface area contributed by atoms with Crippen LogP contribution in [-0.2, 0) is 6.42 Å². The molecule has 2 aromatic rings. The van der Waals surface area contributed by atoms with E-state index < -0.39 is 0 Å². The maximum absolute atomic E-state index is 11.9. The van der Waals surface area contributed by atoms with Crippen molar-refractivity contribution >= 4 is 22.6 Å². The lowest BCUT2D eigenvalue weighted by Gasteiger charge is -2.08. The Morgan fingerprint density at radius 1 is 1.32 bits per heavy atom. The Morgan fingerprint density at radius 2 is 1.95 bits per heavy atom. The van der Waals surface area contributed by atoms with E-state index in [1.54, 1.807) is 12.4 Å². The highest BCUT2D eigenvalue weighted by atomic mass is 127. The van der Waals surface area contributed by atoms with Crippen molar-refractivity contribution in [3.8, 4) is 11.6 Å². The Bertz CT molecular complexity index is 634. The number of rotatable bonds is 3. The normalized spacial score (nSPS) is 11.0. The lowest BCUT2D eigenvalue weighted by molar-refractivity contribution is 0.630. The molecule has 0 radical (unpaired) electrons. The molecular weight excluding hydrogens is 355 g/mol. The van der Waals surface area contributed by atoms with E-state index in [4.69, 9.17) is 0 Å². The number of aromatic amines is 1. The van der Waals surface area contributed by atoms with Crippen LogP contribution in [0.15, 0.2) is 17.2 Å². The largest absolute Gasteiger partial charge is 0.303 e. The van der Waals surface area contributed by atoms with Crippen molar-refractivity contribution in [2.24, 2.45) is 5.92 Å². The molecule has 0 aromatic carbocycles. The summed E-state index contributed by atoms with van der Waals surface area (Å²) in [5.41, 5.74) is 1.64. The van der Waals surface area contributed by atoms with Gasteiger partial charge in [-0.1, -0.05) is 13.8 Å². The third kappa shape index (κ3) is 3.37. The summed E-state index contributed by atoms with van der Waals surface area (Å²) in [6, 6.07) is 0.